The molecule has 0 atom stereocenters. The highest BCUT2D eigenvalue weighted by Crippen LogP contribution is 2.19. The first-order valence-corrected chi connectivity index (χ1v) is 4.21. The highest BCUT2D eigenvalue weighted by Gasteiger charge is 2.07. The number of halogens is 3. The van der Waals surface area contributed by atoms with E-state index in [0.29, 0.717) is 10.1 Å². The number of hydrogen-bond donors (Lipinski definition) is 0. The van der Waals surface area contributed by atoms with Crippen LogP contribution in [-0.2, 0) is 0 Å². The van der Waals surface area contributed by atoms with Crippen LogP contribution in [0.5, 0.6) is 0 Å². The summed E-state index contributed by atoms with van der Waals surface area (Å²) >= 11 is 8.78. The minimum atomic E-state index is -0.534. The van der Waals surface area contributed by atoms with Crippen LogP contribution in [-0.4, -0.2) is 14.6 Å². The molecule has 0 radical (unpaired) electrons. The Balaban J connectivity index is 2.92. The second-order valence-corrected chi connectivity index (χ2v) is 3.37. The molecule has 0 saturated heterocycles. The van der Waals surface area contributed by atoms with Crippen LogP contribution in [0.2, 0.25) is 5.15 Å². The van der Waals surface area contributed by atoms with Gasteiger partial charge in [-0.25, -0.2) is 4.98 Å². The predicted molar refractivity (Wildman–Crippen MR) is 45.7 cm³/mol. The normalized spacial score (nSPS) is 10.9. The molecule has 12 heavy (non-hydrogen) atoms. The zero-order valence-electron chi connectivity index (χ0n) is 5.63. The molecule has 0 aliphatic rings. The van der Waals surface area contributed by atoms with Crippen molar-refractivity contribution in [3.63, 3.8) is 0 Å². The largest absolute Gasteiger partial charge is 0.234 e. The van der Waals surface area contributed by atoms with E-state index in [1.807, 2.05) is 0 Å². The van der Waals surface area contributed by atoms with Gasteiger partial charge in [-0.3, -0.25) is 0 Å². The third kappa shape index (κ3) is 1.09. The summed E-state index contributed by atoms with van der Waals surface area (Å²) in [6.45, 7) is 0. The molecule has 0 aliphatic carbocycles. The van der Waals surface area contributed by atoms with Gasteiger partial charge in [0.2, 0.25) is 5.95 Å². The number of aromatic nitrogens is 3. The van der Waals surface area contributed by atoms with Gasteiger partial charge in [-0.2, -0.15) is 14.0 Å². The van der Waals surface area contributed by atoms with Crippen molar-refractivity contribution in [2.24, 2.45) is 0 Å². The van der Waals surface area contributed by atoms with Gasteiger partial charge in [-0.15, -0.1) is 0 Å². The summed E-state index contributed by atoms with van der Waals surface area (Å²) in [4.78, 5) is 3.78. The first-order chi connectivity index (χ1) is 5.68. The average Bonchev–Trinajstić information content (AvgIpc) is 2.33. The maximum Gasteiger partial charge on any atom is 0.234 e. The van der Waals surface area contributed by atoms with Gasteiger partial charge in [-0.1, -0.05) is 11.6 Å². The fourth-order valence-electron chi connectivity index (χ4n) is 0.876. The third-order valence-electron chi connectivity index (χ3n) is 1.35. The van der Waals surface area contributed by atoms with E-state index >= 15 is 0 Å². The lowest BCUT2D eigenvalue weighted by atomic mass is 10.6. The lowest BCUT2D eigenvalue weighted by molar-refractivity contribution is 0.548. The second kappa shape index (κ2) is 2.67. The molecular formula is C6H2BrClFN3. The van der Waals surface area contributed by atoms with E-state index in [1.165, 1.54) is 0 Å². The van der Waals surface area contributed by atoms with E-state index < -0.39 is 5.95 Å². The zero-order valence-corrected chi connectivity index (χ0v) is 7.97. The Labute approximate surface area is 80.3 Å². The van der Waals surface area contributed by atoms with E-state index in [1.54, 1.807) is 6.07 Å². The highest BCUT2D eigenvalue weighted by atomic mass is 79.9. The van der Waals surface area contributed by atoms with Crippen LogP contribution in [0.1, 0.15) is 0 Å². The van der Waals surface area contributed by atoms with Gasteiger partial charge in [0.1, 0.15) is 0 Å². The Morgan fingerprint density at radius 3 is 3.08 bits per heavy atom. The molecule has 62 valence electrons. The van der Waals surface area contributed by atoms with Crippen LogP contribution in [0.4, 0.5) is 4.39 Å². The summed E-state index contributed by atoms with van der Waals surface area (Å²) in [5.74, 6) is -0.534. The average molecular weight is 250 g/mol. The number of nitrogens with zero attached hydrogens (tertiary/aromatic N) is 3. The second-order valence-electron chi connectivity index (χ2n) is 2.13. The Bertz CT molecular complexity index is 442. The molecule has 2 rings (SSSR count). The van der Waals surface area contributed by atoms with Crippen LogP contribution in [0.25, 0.3) is 5.65 Å². The Kier molecular flexibility index (Phi) is 1.77. The topological polar surface area (TPSA) is 30.2 Å². The van der Waals surface area contributed by atoms with E-state index in [9.17, 15) is 4.39 Å². The summed E-state index contributed by atoms with van der Waals surface area (Å²) < 4.78 is 14.5. The Morgan fingerprint density at radius 2 is 2.33 bits per heavy atom. The standard InChI is InChI=1S/C6H2BrClFN3/c7-3-1-4(8)11-12-5(9)2-10-6(3)12/h1-2H. The summed E-state index contributed by atoms with van der Waals surface area (Å²) in [6.07, 6.45) is 1.09. The van der Waals surface area contributed by atoms with Crippen LogP contribution in [0.15, 0.2) is 16.7 Å². The van der Waals surface area contributed by atoms with E-state index in [4.69, 9.17) is 11.6 Å². The SMILES string of the molecule is Fc1cnc2c(Br)cc(Cl)nn12. The summed E-state index contributed by atoms with van der Waals surface area (Å²) in [6, 6.07) is 1.56. The van der Waals surface area contributed by atoms with Crippen molar-refractivity contribution in [1.29, 1.82) is 0 Å². The van der Waals surface area contributed by atoms with Crippen LogP contribution in [0.3, 0.4) is 0 Å². The van der Waals surface area contributed by atoms with Crippen LogP contribution < -0.4 is 0 Å². The van der Waals surface area contributed by atoms with E-state index in [-0.39, 0.29) is 5.15 Å². The molecule has 0 aliphatic heterocycles. The Hall–Kier alpha value is -0.680. The monoisotopic (exact) mass is 249 g/mol. The van der Waals surface area contributed by atoms with Gasteiger partial charge in [0.05, 0.1) is 10.7 Å². The van der Waals surface area contributed by atoms with Gasteiger partial charge in [0.15, 0.2) is 10.8 Å². The minimum absolute atomic E-state index is 0.214. The molecule has 0 fully saturated rings. The molecule has 0 spiro atoms. The van der Waals surface area contributed by atoms with Gasteiger partial charge < -0.3 is 0 Å². The van der Waals surface area contributed by atoms with E-state index in [0.717, 1.165) is 10.7 Å². The van der Waals surface area contributed by atoms with Crippen molar-refractivity contribution in [1.82, 2.24) is 14.6 Å². The fraction of sp³-hybridized carbons (Fsp3) is 0. The number of imidazole rings is 1. The van der Waals surface area contributed by atoms with Crippen molar-refractivity contribution in [2.45, 2.75) is 0 Å². The van der Waals surface area contributed by atoms with Crippen molar-refractivity contribution < 1.29 is 4.39 Å². The van der Waals surface area contributed by atoms with E-state index in [2.05, 4.69) is 26.0 Å². The predicted octanol–water partition coefficient (Wildman–Crippen LogP) is 2.28. The zero-order chi connectivity index (χ0) is 8.72. The number of hydrogen-bond acceptors (Lipinski definition) is 2. The molecule has 3 nitrogen and oxygen atoms in total. The molecule has 0 unspecified atom stereocenters. The van der Waals surface area contributed by atoms with Crippen LogP contribution >= 0.6 is 27.5 Å². The smallest absolute Gasteiger partial charge is 0.231 e. The molecule has 0 amide bonds. The maximum atomic E-state index is 12.9. The summed E-state index contributed by atoms with van der Waals surface area (Å²) in [7, 11) is 0. The van der Waals surface area contributed by atoms with Gasteiger partial charge in [0, 0.05) is 0 Å². The quantitative estimate of drug-likeness (QED) is 0.718. The summed E-state index contributed by atoms with van der Waals surface area (Å²) in [5.41, 5.74) is 0.414. The fourth-order valence-corrected chi connectivity index (χ4v) is 1.68. The summed E-state index contributed by atoms with van der Waals surface area (Å²) in [5, 5.41) is 3.92. The van der Waals surface area contributed by atoms with Gasteiger partial charge in [0.25, 0.3) is 0 Å². The lowest BCUT2D eigenvalue weighted by Crippen LogP contribution is -1.95. The number of rotatable bonds is 0. The van der Waals surface area contributed by atoms with Crippen molar-refractivity contribution in [3.05, 3.63) is 27.8 Å². The highest BCUT2D eigenvalue weighted by molar-refractivity contribution is 9.10. The van der Waals surface area contributed by atoms with Gasteiger partial charge >= 0.3 is 0 Å². The number of fused-ring (bicyclic) bond motifs is 1. The maximum absolute atomic E-state index is 12.9. The molecule has 6 heteroatoms. The lowest BCUT2D eigenvalue weighted by Gasteiger charge is -1.95. The first kappa shape index (κ1) is 7.94. The Morgan fingerprint density at radius 1 is 1.58 bits per heavy atom. The third-order valence-corrected chi connectivity index (χ3v) is 2.12. The molecule has 0 aromatic carbocycles. The van der Waals surface area contributed by atoms with Gasteiger partial charge in [-0.05, 0) is 22.0 Å². The molecule has 2 aromatic heterocycles. The van der Waals surface area contributed by atoms with Crippen molar-refractivity contribution >= 4 is 33.2 Å². The molecule has 0 bridgehead atoms. The molecule has 2 heterocycles. The minimum Gasteiger partial charge on any atom is -0.231 e. The molecule has 2 aromatic rings. The van der Waals surface area contributed by atoms with Crippen molar-refractivity contribution in [2.75, 3.05) is 0 Å². The van der Waals surface area contributed by atoms with Crippen LogP contribution in [0, 0.1) is 5.95 Å². The molecular weight excluding hydrogens is 248 g/mol. The molecule has 0 N–H and O–H groups in total. The first-order valence-electron chi connectivity index (χ1n) is 3.04. The van der Waals surface area contributed by atoms with Crippen molar-refractivity contribution in [3.8, 4) is 0 Å². The molecule has 0 saturated carbocycles.